The molecule has 2 nitrogen and oxygen atoms in total. The molecule has 0 aromatic carbocycles. The maximum atomic E-state index is 8.78. The topological polar surface area (TPSA) is 32.3 Å². The Morgan fingerprint density at radius 2 is 2.27 bits per heavy atom. The van der Waals surface area contributed by atoms with E-state index in [4.69, 9.17) is 5.11 Å². The molecule has 2 N–H and O–H groups in total. The van der Waals surface area contributed by atoms with E-state index in [0.29, 0.717) is 18.6 Å². The Balaban J connectivity index is 2.16. The van der Waals surface area contributed by atoms with Crippen LogP contribution in [-0.4, -0.2) is 24.3 Å². The van der Waals surface area contributed by atoms with Gasteiger partial charge in [0.2, 0.25) is 0 Å². The van der Waals surface area contributed by atoms with Gasteiger partial charge in [0, 0.05) is 17.5 Å². The summed E-state index contributed by atoms with van der Waals surface area (Å²) in [6.07, 6.45) is 1.99. The van der Waals surface area contributed by atoms with Crippen LogP contribution in [0.4, 0.5) is 0 Å². The lowest BCUT2D eigenvalue weighted by atomic mass is 10.1. The monoisotopic (exact) mass is 227 g/mol. The van der Waals surface area contributed by atoms with E-state index in [2.05, 4.69) is 36.7 Å². The molecule has 1 rings (SSSR count). The highest BCUT2D eigenvalue weighted by Gasteiger charge is 2.06. The van der Waals surface area contributed by atoms with Crippen molar-refractivity contribution in [2.75, 3.05) is 13.2 Å². The quantitative estimate of drug-likeness (QED) is 0.749. The summed E-state index contributed by atoms with van der Waals surface area (Å²) in [5, 5.41) is 14.4. The standard InChI is InChI=1S/C12H21NOS/c1-10(5-6-14)9-13-11(2)8-12-4-3-7-15-12/h3-4,7,10-11,13-14H,5-6,8-9H2,1-2H3. The van der Waals surface area contributed by atoms with Crippen molar-refractivity contribution in [3.63, 3.8) is 0 Å². The number of hydrogen-bond acceptors (Lipinski definition) is 3. The number of nitrogens with one attached hydrogen (secondary N) is 1. The predicted octanol–water partition coefficient (Wildman–Crippen LogP) is 2.29. The maximum Gasteiger partial charge on any atom is 0.0434 e. The molecule has 2 atom stereocenters. The third-order valence-electron chi connectivity index (χ3n) is 2.52. The molecule has 0 radical (unpaired) electrons. The second-order valence-electron chi connectivity index (χ2n) is 4.21. The van der Waals surface area contributed by atoms with E-state index in [9.17, 15) is 0 Å². The average Bonchev–Trinajstić information content (AvgIpc) is 2.68. The summed E-state index contributed by atoms with van der Waals surface area (Å²) < 4.78 is 0. The minimum absolute atomic E-state index is 0.294. The van der Waals surface area contributed by atoms with Gasteiger partial charge in [0.25, 0.3) is 0 Å². The van der Waals surface area contributed by atoms with Gasteiger partial charge in [-0.1, -0.05) is 13.0 Å². The molecule has 0 aliphatic carbocycles. The first-order valence-electron chi connectivity index (χ1n) is 5.59. The molecule has 1 heterocycles. The minimum atomic E-state index is 0.294. The van der Waals surface area contributed by atoms with E-state index < -0.39 is 0 Å². The van der Waals surface area contributed by atoms with Crippen LogP contribution < -0.4 is 5.32 Å². The summed E-state index contributed by atoms with van der Waals surface area (Å²) in [5.41, 5.74) is 0. The smallest absolute Gasteiger partial charge is 0.0434 e. The van der Waals surface area contributed by atoms with Crippen molar-refractivity contribution >= 4 is 11.3 Å². The second-order valence-corrected chi connectivity index (χ2v) is 5.24. The first-order valence-corrected chi connectivity index (χ1v) is 6.47. The summed E-state index contributed by atoms with van der Waals surface area (Å²) in [6.45, 7) is 5.67. The normalized spacial score (nSPS) is 15.1. The summed E-state index contributed by atoms with van der Waals surface area (Å²) in [4.78, 5) is 1.44. The van der Waals surface area contributed by atoms with Crippen molar-refractivity contribution in [1.29, 1.82) is 0 Å². The molecule has 3 heteroatoms. The lowest BCUT2D eigenvalue weighted by molar-refractivity contribution is 0.258. The molecular weight excluding hydrogens is 206 g/mol. The van der Waals surface area contributed by atoms with E-state index >= 15 is 0 Å². The Bertz CT molecular complexity index is 248. The Morgan fingerprint density at radius 3 is 2.87 bits per heavy atom. The molecule has 1 aromatic rings. The van der Waals surface area contributed by atoms with Crippen LogP contribution in [0.1, 0.15) is 25.1 Å². The zero-order chi connectivity index (χ0) is 11.1. The van der Waals surface area contributed by atoms with Gasteiger partial charge in [0.15, 0.2) is 0 Å². The van der Waals surface area contributed by atoms with Gasteiger partial charge in [0.1, 0.15) is 0 Å². The highest BCUT2D eigenvalue weighted by molar-refractivity contribution is 7.09. The van der Waals surface area contributed by atoms with E-state index in [1.165, 1.54) is 4.88 Å². The molecule has 0 spiro atoms. The van der Waals surface area contributed by atoms with Crippen molar-refractivity contribution < 1.29 is 5.11 Å². The van der Waals surface area contributed by atoms with Crippen molar-refractivity contribution in [3.8, 4) is 0 Å². The number of thiophene rings is 1. The van der Waals surface area contributed by atoms with E-state index in [-0.39, 0.29) is 0 Å². The molecule has 0 aliphatic rings. The minimum Gasteiger partial charge on any atom is -0.396 e. The van der Waals surface area contributed by atoms with Gasteiger partial charge in [-0.25, -0.2) is 0 Å². The van der Waals surface area contributed by atoms with Crippen LogP contribution in [-0.2, 0) is 6.42 Å². The van der Waals surface area contributed by atoms with Crippen LogP contribution in [0.15, 0.2) is 17.5 Å². The fourth-order valence-corrected chi connectivity index (χ4v) is 2.36. The fraction of sp³-hybridized carbons (Fsp3) is 0.667. The van der Waals surface area contributed by atoms with Crippen LogP contribution in [0.2, 0.25) is 0 Å². The Morgan fingerprint density at radius 1 is 1.47 bits per heavy atom. The maximum absolute atomic E-state index is 8.78. The molecule has 2 unspecified atom stereocenters. The highest BCUT2D eigenvalue weighted by atomic mass is 32.1. The van der Waals surface area contributed by atoms with Gasteiger partial charge in [-0.2, -0.15) is 0 Å². The lowest BCUT2D eigenvalue weighted by Gasteiger charge is -2.16. The molecule has 0 aliphatic heterocycles. The zero-order valence-electron chi connectivity index (χ0n) is 9.57. The van der Waals surface area contributed by atoms with Crippen LogP contribution in [0.25, 0.3) is 0 Å². The third-order valence-corrected chi connectivity index (χ3v) is 3.42. The van der Waals surface area contributed by atoms with Gasteiger partial charge < -0.3 is 10.4 Å². The number of hydrogen-bond donors (Lipinski definition) is 2. The molecule has 86 valence electrons. The molecule has 1 aromatic heterocycles. The number of aliphatic hydroxyl groups excluding tert-OH is 1. The van der Waals surface area contributed by atoms with Gasteiger partial charge in [0.05, 0.1) is 0 Å². The molecule has 15 heavy (non-hydrogen) atoms. The van der Waals surface area contributed by atoms with Crippen molar-refractivity contribution in [1.82, 2.24) is 5.32 Å². The van der Waals surface area contributed by atoms with E-state index in [1.807, 2.05) is 11.3 Å². The van der Waals surface area contributed by atoms with Crippen molar-refractivity contribution in [3.05, 3.63) is 22.4 Å². The van der Waals surface area contributed by atoms with E-state index in [0.717, 1.165) is 19.4 Å². The number of aliphatic hydroxyl groups is 1. The van der Waals surface area contributed by atoms with E-state index in [1.54, 1.807) is 0 Å². The second kappa shape index (κ2) is 6.99. The first-order chi connectivity index (χ1) is 7.22. The van der Waals surface area contributed by atoms with Gasteiger partial charge >= 0.3 is 0 Å². The Hall–Kier alpha value is -0.380. The van der Waals surface area contributed by atoms with Gasteiger partial charge in [-0.15, -0.1) is 11.3 Å². The predicted molar refractivity (Wildman–Crippen MR) is 66.4 cm³/mol. The average molecular weight is 227 g/mol. The molecule has 0 saturated heterocycles. The summed E-state index contributed by atoms with van der Waals surface area (Å²) >= 11 is 1.82. The Kier molecular flexibility index (Phi) is 5.91. The number of rotatable bonds is 7. The molecule has 0 bridgehead atoms. The molecule has 0 amide bonds. The largest absolute Gasteiger partial charge is 0.396 e. The highest BCUT2D eigenvalue weighted by Crippen LogP contribution is 2.11. The Labute approximate surface area is 96.3 Å². The first kappa shape index (κ1) is 12.7. The lowest BCUT2D eigenvalue weighted by Crippen LogP contribution is -2.32. The third kappa shape index (κ3) is 5.30. The van der Waals surface area contributed by atoms with Crippen LogP contribution in [0.5, 0.6) is 0 Å². The van der Waals surface area contributed by atoms with Gasteiger partial charge in [-0.05, 0) is 43.7 Å². The zero-order valence-corrected chi connectivity index (χ0v) is 10.4. The van der Waals surface area contributed by atoms with Gasteiger partial charge in [-0.3, -0.25) is 0 Å². The van der Waals surface area contributed by atoms with Crippen LogP contribution >= 0.6 is 11.3 Å². The SMILES string of the molecule is CC(CCO)CNC(C)Cc1cccs1. The van der Waals surface area contributed by atoms with Crippen LogP contribution in [0.3, 0.4) is 0 Å². The molecule has 0 saturated carbocycles. The van der Waals surface area contributed by atoms with Crippen molar-refractivity contribution in [2.45, 2.75) is 32.7 Å². The fourth-order valence-electron chi connectivity index (χ4n) is 1.53. The molecule has 0 fully saturated rings. The van der Waals surface area contributed by atoms with Crippen molar-refractivity contribution in [2.24, 2.45) is 5.92 Å². The summed E-state index contributed by atoms with van der Waals surface area (Å²) in [7, 11) is 0. The summed E-state index contributed by atoms with van der Waals surface area (Å²) in [5.74, 6) is 0.556. The molecular formula is C12H21NOS. The van der Waals surface area contributed by atoms with Crippen LogP contribution in [0, 0.1) is 5.92 Å². The summed E-state index contributed by atoms with van der Waals surface area (Å²) in [6, 6.07) is 4.80.